The Bertz CT molecular complexity index is 1130. The van der Waals surface area contributed by atoms with Crippen molar-refractivity contribution < 1.29 is 45.7 Å². The second kappa shape index (κ2) is 14.4. The van der Waals surface area contributed by atoms with Gasteiger partial charge >= 0.3 is 18.3 Å². The fraction of sp³-hybridized carbons (Fsp3) is 0.625. The number of pyridine rings is 1. The Morgan fingerprint density at radius 1 is 1.07 bits per heavy atom. The molecule has 0 aromatic carbocycles. The quantitative estimate of drug-likeness (QED) is 0.435. The lowest BCUT2D eigenvalue weighted by Gasteiger charge is -2.28. The second-order valence-corrected chi connectivity index (χ2v) is 9.31. The van der Waals surface area contributed by atoms with Crippen LogP contribution in [0.4, 0.5) is 44.2 Å². The molecule has 2 N–H and O–H groups in total. The van der Waals surface area contributed by atoms with Gasteiger partial charge in [0.1, 0.15) is 0 Å². The average Bonchev–Trinajstić information content (AvgIpc) is 2.95. The lowest BCUT2D eigenvalue weighted by Crippen LogP contribution is -2.38. The molecular formula is C24H31F6N7O4. The number of rotatable bonds is 8. The first kappa shape index (κ1) is 32.0. The number of alkyl halides is 6. The number of anilines is 3. The first-order valence-corrected chi connectivity index (χ1v) is 12.8. The van der Waals surface area contributed by atoms with Crippen LogP contribution >= 0.6 is 0 Å². The van der Waals surface area contributed by atoms with Crippen molar-refractivity contribution >= 4 is 23.8 Å². The van der Waals surface area contributed by atoms with E-state index in [2.05, 4.69) is 25.3 Å². The molecule has 11 nitrogen and oxygen atoms in total. The highest BCUT2D eigenvalue weighted by Crippen LogP contribution is 2.29. The van der Waals surface area contributed by atoms with Crippen molar-refractivity contribution in [2.45, 2.75) is 38.2 Å². The van der Waals surface area contributed by atoms with Gasteiger partial charge in [-0.1, -0.05) is 0 Å². The number of carboxylic acid groups (broad SMARTS) is 1. The number of halogens is 6. The van der Waals surface area contributed by atoms with E-state index in [1.807, 2.05) is 16.8 Å². The Hall–Kier alpha value is -3.47. The maximum Gasteiger partial charge on any atom is 0.490 e. The van der Waals surface area contributed by atoms with E-state index >= 15 is 0 Å². The van der Waals surface area contributed by atoms with Crippen LogP contribution in [0.3, 0.4) is 0 Å². The van der Waals surface area contributed by atoms with Crippen LogP contribution in [0.2, 0.25) is 0 Å². The van der Waals surface area contributed by atoms with E-state index in [0.29, 0.717) is 50.1 Å². The summed E-state index contributed by atoms with van der Waals surface area (Å²) in [5.74, 6) is -0.814. The molecule has 0 spiro atoms. The molecule has 4 heterocycles. The minimum atomic E-state index is -5.08. The van der Waals surface area contributed by atoms with Crippen LogP contribution in [0.1, 0.15) is 30.5 Å². The third-order valence-corrected chi connectivity index (χ3v) is 6.27. The van der Waals surface area contributed by atoms with Gasteiger partial charge in [-0.05, 0) is 37.3 Å². The maximum atomic E-state index is 13.0. The largest absolute Gasteiger partial charge is 0.490 e. The first-order chi connectivity index (χ1) is 19.3. The summed E-state index contributed by atoms with van der Waals surface area (Å²) in [6.45, 7) is 4.92. The van der Waals surface area contributed by atoms with Gasteiger partial charge in [0.2, 0.25) is 17.8 Å². The van der Waals surface area contributed by atoms with Crippen molar-refractivity contribution in [3.8, 4) is 0 Å². The van der Waals surface area contributed by atoms with Crippen molar-refractivity contribution in [3.63, 3.8) is 0 Å². The molecule has 0 atom stereocenters. The molecule has 2 aromatic heterocycles. The van der Waals surface area contributed by atoms with E-state index in [-0.39, 0.29) is 12.2 Å². The number of morpholine rings is 1. The van der Waals surface area contributed by atoms with E-state index < -0.39 is 23.9 Å². The predicted octanol–water partition coefficient (Wildman–Crippen LogP) is 3.62. The minimum absolute atomic E-state index is 0.0573. The minimum Gasteiger partial charge on any atom is -0.475 e. The standard InChI is InChI=1S/C22H30F3N7O2.C2HF3O2/c1-31(7-3-16-4-10-33-11-5-16)20-28-19(29-21(30-20)32-8-12-34-13-9-32)27-15-18-14-17(2-6-26-18)22(23,24)25;3-2(4,5)1(6)7/h2,6,14,16H,3-5,7-13,15H2,1H3,(H,27,28,29,30);(H,6,7). The van der Waals surface area contributed by atoms with Crippen LogP contribution in [-0.2, 0) is 27.0 Å². The monoisotopic (exact) mass is 595 g/mol. The molecule has 0 radical (unpaired) electrons. The molecule has 4 rings (SSSR count). The molecule has 0 amide bonds. The topological polar surface area (TPSA) is 126 Å². The zero-order chi connectivity index (χ0) is 30.0. The molecule has 2 aromatic rings. The molecule has 2 fully saturated rings. The number of ether oxygens (including phenoxy) is 2. The number of aromatic nitrogens is 4. The number of nitrogens with zero attached hydrogens (tertiary/aromatic N) is 6. The van der Waals surface area contributed by atoms with Crippen molar-refractivity contribution in [1.29, 1.82) is 0 Å². The normalized spacial score (nSPS) is 16.5. The number of carboxylic acids is 1. The van der Waals surface area contributed by atoms with Gasteiger partial charge in [-0.15, -0.1) is 0 Å². The number of hydrogen-bond donors (Lipinski definition) is 2. The maximum absolute atomic E-state index is 13.0. The molecule has 228 valence electrons. The zero-order valence-electron chi connectivity index (χ0n) is 22.2. The Balaban J connectivity index is 0.000000587. The molecular weight excluding hydrogens is 564 g/mol. The van der Waals surface area contributed by atoms with Gasteiger partial charge in [0.05, 0.1) is 31.0 Å². The van der Waals surface area contributed by atoms with Gasteiger partial charge in [-0.25, -0.2) is 4.79 Å². The van der Waals surface area contributed by atoms with Gasteiger partial charge in [-0.3, -0.25) is 4.98 Å². The average molecular weight is 596 g/mol. The van der Waals surface area contributed by atoms with E-state index in [4.69, 9.17) is 19.4 Å². The van der Waals surface area contributed by atoms with E-state index in [0.717, 1.165) is 57.4 Å². The smallest absolute Gasteiger partial charge is 0.475 e. The summed E-state index contributed by atoms with van der Waals surface area (Å²) < 4.78 is 81.7. The van der Waals surface area contributed by atoms with Gasteiger partial charge < -0.3 is 29.7 Å². The molecule has 41 heavy (non-hydrogen) atoms. The number of nitrogens with one attached hydrogen (secondary N) is 1. The SMILES string of the molecule is CN(CCC1CCOCC1)c1nc(NCc2cc(C(F)(F)F)ccn2)nc(N2CCOCC2)n1.O=C(O)C(F)(F)F. The summed E-state index contributed by atoms with van der Waals surface area (Å²) in [7, 11) is 1.94. The van der Waals surface area contributed by atoms with Crippen LogP contribution in [0.25, 0.3) is 0 Å². The highest BCUT2D eigenvalue weighted by molar-refractivity contribution is 5.73. The van der Waals surface area contributed by atoms with Crippen LogP contribution < -0.4 is 15.1 Å². The Morgan fingerprint density at radius 3 is 2.32 bits per heavy atom. The summed E-state index contributed by atoms with van der Waals surface area (Å²) in [6, 6.07) is 1.98. The Labute approximate surface area is 231 Å². The predicted molar refractivity (Wildman–Crippen MR) is 135 cm³/mol. The van der Waals surface area contributed by atoms with Crippen LogP contribution in [0, 0.1) is 5.92 Å². The van der Waals surface area contributed by atoms with E-state index in [1.54, 1.807) is 0 Å². The number of hydrogen-bond acceptors (Lipinski definition) is 10. The molecule has 2 saturated heterocycles. The number of aliphatic carboxylic acids is 1. The van der Waals surface area contributed by atoms with Crippen LogP contribution in [0.5, 0.6) is 0 Å². The summed E-state index contributed by atoms with van der Waals surface area (Å²) in [6.07, 6.45) is -5.23. The molecule has 0 unspecified atom stereocenters. The summed E-state index contributed by atoms with van der Waals surface area (Å²) >= 11 is 0. The molecule has 2 aliphatic heterocycles. The molecule has 0 bridgehead atoms. The van der Waals surface area contributed by atoms with Gasteiger partial charge in [0.15, 0.2) is 0 Å². The number of carbonyl (C=O) groups is 1. The van der Waals surface area contributed by atoms with Gasteiger partial charge in [0.25, 0.3) is 0 Å². The molecule has 17 heteroatoms. The van der Waals surface area contributed by atoms with Crippen LogP contribution in [0.15, 0.2) is 18.3 Å². The third-order valence-electron chi connectivity index (χ3n) is 6.27. The lowest BCUT2D eigenvalue weighted by atomic mass is 9.96. The fourth-order valence-corrected chi connectivity index (χ4v) is 3.94. The summed E-state index contributed by atoms with van der Waals surface area (Å²) in [4.78, 5) is 30.7. The fourth-order valence-electron chi connectivity index (χ4n) is 3.94. The van der Waals surface area contributed by atoms with E-state index in [9.17, 15) is 26.3 Å². The Morgan fingerprint density at radius 2 is 1.71 bits per heavy atom. The highest BCUT2D eigenvalue weighted by Gasteiger charge is 2.38. The third kappa shape index (κ3) is 10.5. The second-order valence-electron chi connectivity index (χ2n) is 9.31. The van der Waals surface area contributed by atoms with Crippen molar-refractivity contribution in [3.05, 3.63) is 29.6 Å². The van der Waals surface area contributed by atoms with Crippen molar-refractivity contribution in [2.24, 2.45) is 5.92 Å². The first-order valence-electron chi connectivity index (χ1n) is 12.8. The lowest BCUT2D eigenvalue weighted by molar-refractivity contribution is -0.192. The van der Waals surface area contributed by atoms with E-state index in [1.165, 1.54) is 0 Å². The van der Waals surface area contributed by atoms with Gasteiger partial charge in [-0.2, -0.15) is 41.3 Å². The summed E-state index contributed by atoms with van der Waals surface area (Å²) in [5.41, 5.74) is -0.491. The molecule has 0 saturated carbocycles. The summed E-state index contributed by atoms with van der Waals surface area (Å²) in [5, 5.41) is 10.2. The molecule has 2 aliphatic rings. The van der Waals surface area contributed by atoms with Crippen molar-refractivity contribution in [1.82, 2.24) is 19.9 Å². The van der Waals surface area contributed by atoms with Gasteiger partial charge in [0, 0.05) is 46.1 Å². The Kier molecular flexibility index (Phi) is 11.3. The highest BCUT2D eigenvalue weighted by atomic mass is 19.4. The zero-order valence-corrected chi connectivity index (χ0v) is 22.2. The van der Waals surface area contributed by atoms with Crippen LogP contribution in [-0.4, -0.2) is 90.3 Å². The van der Waals surface area contributed by atoms with Crippen molar-refractivity contribution in [2.75, 3.05) is 68.2 Å². The molecule has 0 aliphatic carbocycles.